The summed E-state index contributed by atoms with van der Waals surface area (Å²) in [6.45, 7) is 1.95. The molecule has 1 amide bonds. The molecule has 150 valence electrons. The third kappa shape index (κ3) is 4.27. The lowest BCUT2D eigenvalue weighted by molar-refractivity contribution is -0.119. The van der Waals surface area contributed by atoms with Gasteiger partial charge in [-0.15, -0.1) is 0 Å². The molecule has 4 rings (SSSR count). The largest absolute Gasteiger partial charge is 0.393 e. The predicted octanol–water partition coefficient (Wildman–Crippen LogP) is 3.34. The summed E-state index contributed by atoms with van der Waals surface area (Å²) in [4.78, 5) is 25.1. The molecule has 8 nitrogen and oxygen atoms in total. The number of benzene rings is 2. The zero-order chi connectivity index (χ0) is 20.9. The highest BCUT2D eigenvalue weighted by molar-refractivity contribution is 5.94. The number of hydrogen-bond acceptors (Lipinski definition) is 7. The number of nitrogens with one attached hydrogen (secondary N) is 3. The number of nitrogen functional groups attached to an aromatic ring is 1. The van der Waals surface area contributed by atoms with Crippen LogP contribution in [0, 0.1) is 6.92 Å². The number of carbonyl (C=O) groups excluding carboxylic acids is 1. The van der Waals surface area contributed by atoms with E-state index in [1.165, 1.54) is 6.33 Å². The normalized spacial score (nSPS) is 10.6. The smallest absolute Gasteiger partial charge is 0.242 e. The maximum absolute atomic E-state index is 12.2. The first-order valence-corrected chi connectivity index (χ1v) is 9.43. The highest BCUT2D eigenvalue weighted by Gasteiger charge is 2.11. The number of nitrogens with two attached hydrogens (primary N) is 1. The number of carbonyl (C=O) groups is 1. The molecule has 8 heteroatoms. The van der Waals surface area contributed by atoms with Gasteiger partial charge in [-0.3, -0.25) is 20.6 Å². The Morgan fingerprint density at radius 1 is 0.967 bits per heavy atom. The van der Waals surface area contributed by atoms with Gasteiger partial charge < -0.3 is 11.1 Å². The summed E-state index contributed by atoms with van der Waals surface area (Å²) in [5.41, 5.74) is 15.5. The lowest BCUT2D eigenvalue weighted by atomic mass is 10.1. The second kappa shape index (κ2) is 8.44. The summed E-state index contributed by atoms with van der Waals surface area (Å²) in [6, 6.07) is 19.2. The SMILES string of the molecule is Cc1ccc2c(Nc3ncnc(NNC(=O)Cc4ccccc4)c3N)cccc2n1. The van der Waals surface area contributed by atoms with Gasteiger partial charge in [-0.1, -0.05) is 36.4 Å². The number of pyridine rings is 1. The van der Waals surface area contributed by atoms with E-state index < -0.39 is 0 Å². The molecule has 0 atom stereocenters. The van der Waals surface area contributed by atoms with Crippen molar-refractivity contribution < 1.29 is 4.79 Å². The minimum atomic E-state index is -0.204. The standard InChI is InChI=1S/C22H21N7O/c1-14-10-11-16-17(26-14)8-5-9-18(16)27-21-20(23)22(25-13-24-21)29-28-19(30)12-15-6-3-2-4-7-15/h2-11,13H,12,23H2,1H3,(H,28,30)(H2,24,25,27,29). The van der Waals surface area contributed by atoms with E-state index in [0.29, 0.717) is 11.6 Å². The predicted molar refractivity (Wildman–Crippen MR) is 118 cm³/mol. The van der Waals surface area contributed by atoms with E-state index in [0.717, 1.165) is 27.8 Å². The summed E-state index contributed by atoms with van der Waals surface area (Å²) in [7, 11) is 0. The van der Waals surface area contributed by atoms with Crippen molar-refractivity contribution in [2.75, 3.05) is 16.5 Å². The molecule has 0 fully saturated rings. The maximum Gasteiger partial charge on any atom is 0.242 e. The number of nitrogens with zero attached hydrogens (tertiary/aromatic N) is 3. The van der Waals surface area contributed by atoms with E-state index in [-0.39, 0.29) is 18.0 Å². The number of aromatic nitrogens is 3. The average Bonchev–Trinajstić information content (AvgIpc) is 2.75. The second-order valence-corrected chi connectivity index (χ2v) is 6.77. The van der Waals surface area contributed by atoms with Gasteiger partial charge in [-0.2, -0.15) is 0 Å². The minimum Gasteiger partial charge on any atom is -0.393 e. The Balaban J connectivity index is 1.49. The Morgan fingerprint density at radius 2 is 1.77 bits per heavy atom. The van der Waals surface area contributed by atoms with Crippen molar-refractivity contribution in [2.24, 2.45) is 0 Å². The van der Waals surface area contributed by atoms with Gasteiger partial charge in [-0.25, -0.2) is 9.97 Å². The van der Waals surface area contributed by atoms with Crippen molar-refractivity contribution in [1.82, 2.24) is 20.4 Å². The highest BCUT2D eigenvalue weighted by Crippen LogP contribution is 2.29. The minimum absolute atomic E-state index is 0.204. The number of amides is 1. The van der Waals surface area contributed by atoms with Gasteiger partial charge in [0, 0.05) is 16.8 Å². The molecular weight excluding hydrogens is 378 g/mol. The molecule has 5 N–H and O–H groups in total. The molecule has 30 heavy (non-hydrogen) atoms. The molecule has 0 saturated heterocycles. The van der Waals surface area contributed by atoms with Crippen LogP contribution in [0.5, 0.6) is 0 Å². The van der Waals surface area contributed by atoms with Crippen LogP contribution in [0.4, 0.5) is 23.0 Å². The van der Waals surface area contributed by atoms with Crippen LogP contribution in [0.2, 0.25) is 0 Å². The highest BCUT2D eigenvalue weighted by atomic mass is 16.2. The number of hydrogen-bond donors (Lipinski definition) is 4. The van der Waals surface area contributed by atoms with Crippen molar-refractivity contribution in [3.63, 3.8) is 0 Å². The third-order valence-corrected chi connectivity index (χ3v) is 4.54. The zero-order valence-corrected chi connectivity index (χ0v) is 16.4. The molecule has 2 aromatic heterocycles. The number of anilines is 4. The summed E-state index contributed by atoms with van der Waals surface area (Å²) >= 11 is 0. The first kappa shape index (κ1) is 19.1. The van der Waals surface area contributed by atoms with Gasteiger partial charge in [-0.05, 0) is 36.8 Å². The molecule has 0 aliphatic rings. The summed E-state index contributed by atoms with van der Waals surface area (Å²) < 4.78 is 0. The molecule has 0 radical (unpaired) electrons. The van der Waals surface area contributed by atoms with Crippen molar-refractivity contribution >= 4 is 39.8 Å². The molecule has 4 aromatic rings. The van der Waals surface area contributed by atoms with Crippen molar-refractivity contribution in [1.29, 1.82) is 0 Å². The van der Waals surface area contributed by atoms with Gasteiger partial charge >= 0.3 is 0 Å². The Morgan fingerprint density at radius 3 is 2.60 bits per heavy atom. The lowest BCUT2D eigenvalue weighted by Crippen LogP contribution is -2.31. The first-order valence-electron chi connectivity index (χ1n) is 9.43. The van der Waals surface area contributed by atoms with E-state index in [1.54, 1.807) is 0 Å². The van der Waals surface area contributed by atoms with Crippen molar-refractivity contribution in [2.45, 2.75) is 13.3 Å². The quantitative estimate of drug-likeness (QED) is 0.367. The Bertz CT molecular complexity index is 1190. The van der Waals surface area contributed by atoms with Gasteiger partial charge in [0.2, 0.25) is 5.91 Å². The molecule has 2 heterocycles. The average molecular weight is 399 g/mol. The van der Waals surface area contributed by atoms with Crippen LogP contribution >= 0.6 is 0 Å². The van der Waals surface area contributed by atoms with Crippen molar-refractivity contribution in [3.8, 4) is 0 Å². The zero-order valence-electron chi connectivity index (χ0n) is 16.4. The van der Waals surface area contributed by atoms with Crippen LogP contribution < -0.4 is 21.9 Å². The van der Waals surface area contributed by atoms with Gasteiger partial charge in [0.05, 0.1) is 11.9 Å². The molecule has 0 aliphatic heterocycles. The second-order valence-electron chi connectivity index (χ2n) is 6.77. The lowest BCUT2D eigenvalue weighted by Gasteiger charge is -2.14. The fraction of sp³-hybridized carbons (Fsp3) is 0.0909. The molecular formula is C22H21N7O. The van der Waals surface area contributed by atoms with Crippen LogP contribution in [-0.4, -0.2) is 20.9 Å². The number of aryl methyl sites for hydroxylation is 1. The number of rotatable bonds is 6. The molecule has 2 aromatic carbocycles. The summed E-state index contributed by atoms with van der Waals surface area (Å²) in [5.74, 6) is 0.533. The Kier molecular flexibility index (Phi) is 5.38. The van der Waals surface area contributed by atoms with Gasteiger partial charge in [0.15, 0.2) is 11.6 Å². The van der Waals surface area contributed by atoms with Crippen LogP contribution in [-0.2, 0) is 11.2 Å². The number of fused-ring (bicyclic) bond motifs is 1. The molecule has 0 saturated carbocycles. The van der Waals surface area contributed by atoms with E-state index >= 15 is 0 Å². The van der Waals surface area contributed by atoms with E-state index in [4.69, 9.17) is 5.73 Å². The van der Waals surface area contributed by atoms with Crippen molar-refractivity contribution in [3.05, 3.63) is 78.2 Å². The van der Waals surface area contributed by atoms with E-state index in [1.807, 2.05) is 67.6 Å². The first-order chi connectivity index (χ1) is 14.6. The van der Waals surface area contributed by atoms with Gasteiger partial charge in [0.25, 0.3) is 0 Å². The van der Waals surface area contributed by atoms with Crippen LogP contribution in [0.1, 0.15) is 11.3 Å². The van der Waals surface area contributed by atoms with Crippen LogP contribution in [0.15, 0.2) is 67.0 Å². The Labute approximate surface area is 173 Å². The Hall–Kier alpha value is -4.20. The topological polar surface area (TPSA) is 118 Å². The van der Waals surface area contributed by atoms with Crippen LogP contribution in [0.3, 0.4) is 0 Å². The maximum atomic E-state index is 12.2. The molecule has 0 aliphatic carbocycles. The molecule has 0 spiro atoms. The monoisotopic (exact) mass is 399 g/mol. The fourth-order valence-corrected chi connectivity index (χ4v) is 3.04. The van der Waals surface area contributed by atoms with Crippen LogP contribution in [0.25, 0.3) is 10.9 Å². The third-order valence-electron chi connectivity index (χ3n) is 4.54. The fourth-order valence-electron chi connectivity index (χ4n) is 3.04. The molecule has 0 bridgehead atoms. The van der Waals surface area contributed by atoms with Gasteiger partial charge in [0.1, 0.15) is 12.0 Å². The summed E-state index contributed by atoms with van der Waals surface area (Å²) in [6.07, 6.45) is 1.62. The molecule has 0 unspecified atom stereocenters. The number of hydrazine groups is 1. The summed E-state index contributed by atoms with van der Waals surface area (Å²) in [5, 5.41) is 4.18. The van der Waals surface area contributed by atoms with E-state index in [9.17, 15) is 4.79 Å². The van der Waals surface area contributed by atoms with E-state index in [2.05, 4.69) is 31.1 Å².